The number of carbonyl (C=O) groups is 1. The third kappa shape index (κ3) is 4.26. The number of benzene rings is 1. The summed E-state index contributed by atoms with van der Waals surface area (Å²) in [5.41, 5.74) is -5.16. The molecule has 0 bridgehead atoms. The number of thioether (sulfide) groups is 1. The van der Waals surface area contributed by atoms with Crippen LogP contribution in [-0.4, -0.2) is 16.9 Å². The molecule has 1 aromatic carbocycles. The SMILES string of the molecule is C[n+]1[nH]oc(=O)c1SCCC(=O)Nc1c(F)c(F)c(C(F)(F)F)c(F)c1F. The minimum absolute atomic E-state index is 0.0618. The zero-order valence-corrected chi connectivity index (χ0v) is 14.0. The lowest BCUT2D eigenvalue weighted by Gasteiger charge is -2.14. The number of nitrogens with zero attached hydrogens (tertiary/aromatic N) is 1. The van der Waals surface area contributed by atoms with Crippen molar-refractivity contribution in [3.63, 3.8) is 0 Å². The molecule has 0 atom stereocenters. The number of alkyl halides is 3. The highest BCUT2D eigenvalue weighted by Crippen LogP contribution is 2.38. The number of nitrogens with one attached hydrogen (secondary N) is 2. The molecule has 0 saturated heterocycles. The van der Waals surface area contributed by atoms with E-state index in [1.54, 1.807) is 0 Å². The lowest BCUT2D eigenvalue weighted by molar-refractivity contribution is -0.772. The molecule has 1 aromatic heterocycles. The molecular weight excluding hydrogens is 411 g/mol. The van der Waals surface area contributed by atoms with E-state index in [-0.39, 0.29) is 10.8 Å². The number of anilines is 1. The van der Waals surface area contributed by atoms with E-state index < -0.39 is 58.6 Å². The van der Waals surface area contributed by atoms with Gasteiger partial charge in [0.05, 0.1) is 0 Å². The Kier molecular flexibility index (Phi) is 5.87. The minimum Gasteiger partial charge on any atom is -0.321 e. The van der Waals surface area contributed by atoms with Crippen LogP contribution in [0.15, 0.2) is 14.3 Å². The average Bonchev–Trinajstić information content (AvgIpc) is 2.88. The summed E-state index contributed by atoms with van der Waals surface area (Å²) in [6, 6.07) is 0. The van der Waals surface area contributed by atoms with Crippen LogP contribution in [-0.2, 0) is 18.0 Å². The molecule has 0 spiro atoms. The van der Waals surface area contributed by atoms with Crippen molar-refractivity contribution in [1.29, 1.82) is 0 Å². The molecule has 0 saturated carbocycles. The van der Waals surface area contributed by atoms with Crippen molar-refractivity contribution in [1.82, 2.24) is 5.27 Å². The van der Waals surface area contributed by atoms with Gasteiger partial charge >= 0.3 is 16.8 Å². The van der Waals surface area contributed by atoms with E-state index in [2.05, 4.69) is 9.79 Å². The van der Waals surface area contributed by atoms with Crippen LogP contribution in [0.25, 0.3) is 0 Å². The fourth-order valence-electron chi connectivity index (χ4n) is 1.92. The average molecular weight is 420 g/mol. The second-order valence-electron chi connectivity index (χ2n) is 5.00. The summed E-state index contributed by atoms with van der Waals surface area (Å²) < 4.78 is 97.4. The Morgan fingerprint density at radius 1 is 1.15 bits per heavy atom. The van der Waals surface area contributed by atoms with E-state index in [1.807, 2.05) is 0 Å². The van der Waals surface area contributed by atoms with Gasteiger partial charge in [0.2, 0.25) is 5.91 Å². The summed E-state index contributed by atoms with van der Waals surface area (Å²) in [6.07, 6.45) is -6.17. The second kappa shape index (κ2) is 7.62. The molecule has 0 aliphatic heterocycles. The van der Waals surface area contributed by atoms with Crippen LogP contribution in [0.5, 0.6) is 0 Å². The quantitative estimate of drug-likeness (QED) is 0.337. The Morgan fingerprint density at radius 2 is 1.70 bits per heavy atom. The van der Waals surface area contributed by atoms with Gasteiger partial charge in [-0.25, -0.2) is 22.4 Å². The van der Waals surface area contributed by atoms with E-state index >= 15 is 0 Å². The molecule has 27 heavy (non-hydrogen) atoms. The van der Waals surface area contributed by atoms with Crippen molar-refractivity contribution < 1.29 is 44.7 Å². The summed E-state index contributed by atoms with van der Waals surface area (Å²) >= 11 is 0.820. The zero-order chi connectivity index (χ0) is 20.5. The molecule has 2 N–H and O–H groups in total. The third-order valence-corrected chi connectivity index (χ3v) is 4.26. The highest BCUT2D eigenvalue weighted by atomic mass is 32.2. The number of hydrogen-bond donors (Lipinski definition) is 2. The van der Waals surface area contributed by atoms with Crippen molar-refractivity contribution in [2.24, 2.45) is 7.05 Å². The van der Waals surface area contributed by atoms with Gasteiger partial charge in [-0.3, -0.25) is 9.32 Å². The van der Waals surface area contributed by atoms with Crippen molar-refractivity contribution in [3.05, 3.63) is 39.3 Å². The lowest BCUT2D eigenvalue weighted by atomic mass is 10.1. The fourth-order valence-corrected chi connectivity index (χ4v) is 2.79. The minimum atomic E-state index is -5.68. The monoisotopic (exact) mass is 420 g/mol. The van der Waals surface area contributed by atoms with Gasteiger partial charge in [0.1, 0.15) is 11.3 Å². The van der Waals surface area contributed by atoms with Gasteiger partial charge in [0.25, 0.3) is 0 Å². The topological polar surface area (TPSA) is 79.0 Å². The number of hydrogen-bond acceptors (Lipinski definition) is 4. The Bertz CT molecular complexity index is 909. The van der Waals surface area contributed by atoms with Crippen LogP contribution in [0.1, 0.15) is 12.0 Å². The maximum atomic E-state index is 13.7. The van der Waals surface area contributed by atoms with Gasteiger partial charge in [-0.1, -0.05) is 4.68 Å². The Balaban J connectivity index is 2.15. The molecule has 1 heterocycles. The first-order chi connectivity index (χ1) is 12.4. The van der Waals surface area contributed by atoms with Crippen LogP contribution in [0.4, 0.5) is 36.4 Å². The number of halogens is 7. The maximum Gasteiger partial charge on any atom is 0.441 e. The summed E-state index contributed by atoms with van der Waals surface area (Å²) in [5.74, 6) is -11.4. The molecule has 6 nitrogen and oxygen atoms in total. The fraction of sp³-hybridized carbons (Fsp3) is 0.308. The summed E-state index contributed by atoms with van der Waals surface area (Å²) in [4.78, 5) is 22.9. The predicted molar refractivity (Wildman–Crippen MR) is 75.8 cm³/mol. The van der Waals surface area contributed by atoms with Crippen LogP contribution in [0.2, 0.25) is 0 Å². The summed E-state index contributed by atoms with van der Waals surface area (Å²) in [5, 5.41) is 3.74. The highest BCUT2D eigenvalue weighted by molar-refractivity contribution is 7.99. The standard InChI is InChI=1S/C13H8F7N3O3S/c1-23-11(12(25)26-22-23)27-3-2-4(24)21-10-8(16)6(14)5(13(18,19)20)7(15)9(10)17/h2-3H2,1H3,(H-,21,22,24,25)/p+1. The van der Waals surface area contributed by atoms with Gasteiger partial charge in [0.15, 0.2) is 30.3 Å². The van der Waals surface area contributed by atoms with Crippen LogP contribution >= 0.6 is 11.8 Å². The number of aromatic amines is 1. The van der Waals surface area contributed by atoms with Crippen molar-refractivity contribution in [2.45, 2.75) is 17.6 Å². The maximum absolute atomic E-state index is 13.7. The Hall–Kier alpha value is -2.51. The van der Waals surface area contributed by atoms with E-state index in [4.69, 9.17) is 0 Å². The number of aryl methyl sites for hydroxylation is 1. The third-order valence-electron chi connectivity index (χ3n) is 3.13. The normalized spacial score (nSPS) is 11.7. The van der Waals surface area contributed by atoms with E-state index in [9.17, 15) is 40.3 Å². The van der Waals surface area contributed by atoms with Crippen LogP contribution < -0.4 is 15.6 Å². The van der Waals surface area contributed by atoms with Gasteiger partial charge in [-0.2, -0.15) is 13.2 Å². The smallest absolute Gasteiger partial charge is 0.321 e. The van der Waals surface area contributed by atoms with Crippen LogP contribution in [0, 0.1) is 23.3 Å². The molecule has 1 amide bonds. The number of carbonyl (C=O) groups excluding carboxylic acids is 1. The van der Waals surface area contributed by atoms with Gasteiger partial charge in [-0.15, -0.1) is 0 Å². The van der Waals surface area contributed by atoms with Gasteiger partial charge < -0.3 is 5.32 Å². The Morgan fingerprint density at radius 3 is 2.15 bits per heavy atom. The molecule has 2 aromatic rings. The summed E-state index contributed by atoms with van der Waals surface area (Å²) in [7, 11) is 1.42. The van der Waals surface area contributed by atoms with Crippen LogP contribution in [0.3, 0.4) is 0 Å². The number of rotatable bonds is 5. The van der Waals surface area contributed by atoms with Crippen molar-refractivity contribution >= 4 is 23.4 Å². The predicted octanol–water partition coefficient (Wildman–Crippen LogP) is 2.49. The van der Waals surface area contributed by atoms with E-state index in [0.717, 1.165) is 11.8 Å². The summed E-state index contributed by atoms with van der Waals surface area (Å²) in [6.45, 7) is 0. The molecule has 0 radical (unpaired) electrons. The number of amides is 1. The molecule has 0 fully saturated rings. The van der Waals surface area contributed by atoms with Crippen molar-refractivity contribution in [2.75, 3.05) is 11.1 Å². The largest absolute Gasteiger partial charge is 0.441 e. The van der Waals surface area contributed by atoms with Crippen molar-refractivity contribution in [3.8, 4) is 0 Å². The molecule has 14 heteroatoms. The first kappa shape index (κ1) is 20.8. The number of aromatic nitrogens is 2. The van der Waals surface area contributed by atoms with E-state index in [0.29, 0.717) is 0 Å². The molecule has 0 aliphatic rings. The van der Waals surface area contributed by atoms with Gasteiger partial charge in [-0.05, 0) is 17.0 Å². The van der Waals surface area contributed by atoms with Gasteiger partial charge in [0, 0.05) is 12.2 Å². The van der Waals surface area contributed by atoms with E-state index in [1.165, 1.54) is 17.0 Å². The lowest BCUT2D eigenvalue weighted by Crippen LogP contribution is -2.33. The molecule has 148 valence electrons. The zero-order valence-electron chi connectivity index (χ0n) is 13.1. The molecule has 0 aliphatic carbocycles. The number of H-pyrrole nitrogens is 1. The Labute approximate surface area is 149 Å². The first-order valence-electron chi connectivity index (χ1n) is 6.88. The first-order valence-corrected chi connectivity index (χ1v) is 7.87. The second-order valence-corrected chi connectivity index (χ2v) is 6.08. The molecule has 0 unspecified atom stereocenters. The molecular formula is C13H9F7N3O3S+. The highest BCUT2D eigenvalue weighted by Gasteiger charge is 2.42. The molecule has 2 rings (SSSR count).